The minimum atomic E-state index is -0.0858. The van der Waals surface area contributed by atoms with E-state index in [0.717, 1.165) is 48.1 Å². The average Bonchev–Trinajstić information content (AvgIpc) is 3.62. The van der Waals surface area contributed by atoms with E-state index in [1.807, 2.05) is 59.0 Å². The van der Waals surface area contributed by atoms with Crippen molar-refractivity contribution in [2.24, 2.45) is 0 Å². The molecule has 9 heteroatoms. The molecular weight excluding hydrogens is 512 g/mol. The molecule has 0 bridgehead atoms. The van der Waals surface area contributed by atoms with Crippen molar-refractivity contribution in [2.75, 3.05) is 19.0 Å². The Morgan fingerprint density at radius 2 is 1.85 bits per heavy atom. The standard InChI is InChI=1S/C30H33ClN6O2/c1-20-8-10-26(21(2)18-20)33-30(38)36(24-6-4-5-7-24)16-17-37-29(23-9-11-27(39-3)25(31)19-23)34-28(35-37)22-12-14-32-15-13-22/h8-15,18-19,24H,4-7,16-17H2,1-3H3,(H,33,38). The van der Waals surface area contributed by atoms with E-state index < -0.39 is 0 Å². The van der Waals surface area contributed by atoms with Crippen molar-refractivity contribution in [2.45, 2.75) is 52.1 Å². The molecule has 1 N–H and O–H groups in total. The average molecular weight is 545 g/mol. The largest absolute Gasteiger partial charge is 0.495 e. The number of amides is 2. The van der Waals surface area contributed by atoms with Crippen LogP contribution in [0.15, 0.2) is 60.9 Å². The monoisotopic (exact) mass is 544 g/mol. The van der Waals surface area contributed by atoms with E-state index in [-0.39, 0.29) is 12.1 Å². The first-order valence-corrected chi connectivity index (χ1v) is 13.6. The third kappa shape index (κ3) is 6.06. The van der Waals surface area contributed by atoms with Gasteiger partial charge in [0.25, 0.3) is 0 Å². The summed E-state index contributed by atoms with van der Waals surface area (Å²) < 4.78 is 7.20. The van der Waals surface area contributed by atoms with Crippen LogP contribution in [0.5, 0.6) is 5.75 Å². The van der Waals surface area contributed by atoms with Gasteiger partial charge < -0.3 is 15.0 Å². The highest BCUT2D eigenvalue weighted by molar-refractivity contribution is 6.32. The molecule has 2 aromatic heterocycles. The first-order chi connectivity index (χ1) is 18.9. The van der Waals surface area contributed by atoms with Gasteiger partial charge in [0, 0.05) is 41.8 Å². The molecule has 2 aromatic carbocycles. The lowest BCUT2D eigenvalue weighted by atomic mass is 10.1. The minimum Gasteiger partial charge on any atom is -0.495 e. The van der Waals surface area contributed by atoms with Crippen LogP contribution < -0.4 is 10.1 Å². The van der Waals surface area contributed by atoms with Crippen LogP contribution in [-0.2, 0) is 6.54 Å². The number of methoxy groups -OCH3 is 1. The highest BCUT2D eigenvalue weighted by atomic mass is 35.5. The first-order valence-electron chi connectivity index (χ1n) is 13.3. The van der Waals surface area contributed by atoms with Crippen LogP contribution in [-0.4, -0.2) is 50.4 Å². The molecule has 2 amide bonds. The SMILES string of the molecule is COc1ccc(-c2nc(-c3ccncc3)nn2CCN(C(=O)Nc2ccc(C)cc2C)C2CCCC2)cc1Cl. The number of carbonyl (C=O) groups excluding carboxylic acids is 1. The molecule has 0 unspecified atom stereocenters. The maximum absolute atomic E-state index is 13.6. The molecule has 1 aliphatic rings. The second-order valence-electron chi connectivity index (χ2n) is 9.95. The van der Waals surface area contributed by atoms with Gasteiger partial charge >= 0.3 is 6.03 Å². The molecule has 1 fully saturated rings. The van der Waals surface area contributed by atoms with Gasteiger partial charge in [-0.2, -0.15) is 5.10 Å². The summed E-state index contributed by atoms with van der Waals surface area (Å²) in [7, 11) is 1.59. The van der Waals surface area contributed by atoms with Gasteiger partial charge in [0.05, 0.1) is 18.7 Å². The summed E-state index contributed by atoms with van der Waals surface area (Å²) in [4.78, 5) is 24.5. The summed E-state index contributed by atoms with van der Waals surface area (Å²) in [5.74, 6) is 1.86. The van der Waals surface area contributed by atoms with Crippen molar-refractivity contribution >= 4 is 23.3 Å². The number of anilines is 1. The number of pyridine rings is 1. The Morgan fingerprint density at radius 3 is 2.54 bits per heavy atom. The van der Waals surface area contributed by atoms with Crippen molar-refractivity contribution in [3.63, 3.8) is 0 Å². The molecule has 2 heterocycles. The topological polar surface area (TPSA) is 85.2 Å². The van der Waals surface area contributed by atoms with Crippen LogP contribution in [0.2, 0.25) is 5.02 Å². The third-order valence-corrected chi connectivity index (χ3v) is 7.52. The number of benzene rings is 2. The lowest BCUT2D eigenvalue weighted by Gasteiger charge is -2.29. The predicted molar refractivity (Wildman–Crippen MR) is 154 cm³/mol. The summed E-state index contributed by atoms with van der Waals surface area (Å²) in [5.41, 5.74) is 4.74. The Morgan fingerprint density at radius 1 is 1.08 bits per heavy atom. The van der Waals surface area contributed by atoms with Crippen LogP contribution in [0, 0.1) is 13.8 Å². The zero-order valence-electron chi connectivity index (χ0n) is 22.5. The molecular formula is C30H33ClN6O2. The fourth-order valence-electron chi connectivity index (χ4n) is 5.15. The summed E-state index contributed by atoms with van der Waals surface area (Å²) in [5, 5.41) is 8.49. The number of carbonyl (C=O) groups is 1. The number of hydrogen-bond donors (Lipinski definition) is 1. The van der Waals surface area contributed by atoms with Gasteiger partial charge in [0.15, 0.2) is 11.6 Å². The maximum Gasteiger partial charge on any atom is 0.322 e. The Kier molecular flexibility index (Phi) is 8.12. The lowest BCUT2D eigenvalue weighted by molar-refractivity contribution is 0.184. The summed E-state index contributed by atoms with van der Waals surface area (Å²) >= 11 is 6.46. The second-order valence-corrected chi connectivity index (χ2v) is 10.4. The Bertz CT molecular complexity index is 1450. The number of rotatable bonds is 8. The van der Waals surface area contributed by atoms with Crippen molar-refractivity contribution in [1.82, 2.24) is 24.6 Å². The minimum absolute atomic E-state index is 0.0858. The van der Waals surface area contributed by atoms with Gasteiger partial charge in [-0.3, -0.25) is 4.98 Å². The van der Waals surface area contributed by atoms with Gasteiger partial charge in [-0.1, -0.05) is 42.1 Å². The quantitative estimate of drug-likeness (QED) is 0.265. The summed E-state index contributed by atoms with van der Waals surface area (Å²) in [6.45, 7) is 5.05. The number of nitrogens with zero attached hydrogens (tertiary/aromatic N) is 5. The van der Waals surface area contributed by atoms with E-state index in [1.54, 1.807) is 19.5 Å². The van der Waals surface area contributed by atoms with E-state index >= 15 is 0 Å². The third-order valence-electron chi connectivity index (χ3n) is 7.22. The van der Waals surface area contributed by atoms with Gasteiger partial charge in [-0.25, -0.2) is 14.5 Å². The normalized spacial score (nSPS) is 13.4. The number of nitrogens with one attached hydrogen (secondary N) is 1. The molecule has 4 aromatic rings. The van der Waals surface area contributed by atoms with E-state index in [4.69, 9.17) is 26.4 Å². The second kappa shape index (κ2) is 11.9. The molecule has 1 aliphatic carbocycles. The maximum atomic E-state index is 13.6. The highest BCUT2D eigenvalue weighted by Crippen LogP contribution is 2.31. The zero-order valence-corrected chi connectivity index (χ0v) is 23.3. The summed E-state index contributed by atoms with van der Waals surface area (Å²) in [6, 6.07) is 15.5. The van der Waals surface area contributed by atoms with Crippen molar-refractivity contribution in [3.05, 3.63) is 77.1 Å². The van der Waals surface area contributed by atoms with E-state index in [2.05, 4.69) is 23.3 Å². The van der Waals surface area contributed by atoms with Crippen molar-refractivity contribution in [3.8, 4) is 28.5 Å². The van der Waals surface area contributed by atoms with Crippen molar-refractivity contribution < 1.29 is 9.53 Å². The van der Waals surface area contributed by atoms with Gasteiger partial charge in [0.1, 0.15) is 5.75 Å². The van der Waals surface area contributed by atoms with Crippen LogP contribution in [0.1, 0.15) is 36.8 Å². The number of hydrogen-bond acceptors (Lipinski definition) is 5. The van der Waals surface area contributed by atoms with Crippen molar-refractivity contribution in [1.29, 1.82) is 0 Å². The molecule has 202 valence electrons. The molecule has 8 nitrogen and oxygen atoms in total. The number of aryl methyl sites for hydroxylation is 2. The summed E-state index contributed by atoms with van der Waals surface area (Å²) in [6.07, 6.45) is 7.70. The molecule has 5 rings (SSSR count). The fraction of sp³-hybridized carbons (Fsp3) is 0.333. The number of ether oxygens (including phenoxy) is 1. The van der Waals surface area contributed by atoms with E-state index in [1.165, 1.54) is 5.56 Å². The fourth-order valence-corrected chi connectivity index (χ4v) is 5.41. The molecule has 0 radical (unpaired) electrons. The Labute approximate surface area is 234 Å². The number of halogens is 1. The molecule has 39 heavy (non-hydrogen) atoms. The molecule has 0 aliphatic heterocycles. The van der Waals surface area contributed by atoms with Crippen LogP contribution in [0.4, 0.5) is 10.5 Å². The van der Waals surface area contributed by atoms with Crippen LogP contribution in [0.3, 0.4) is 0 Å². The van der Waals surface area contributed by atoms with Crippen LogP contribution in [0.25, 0.3) is 22.8 Å². The zero-order chi connectivity index (χ0) is 27.4. The highest BCUT2D eigenvalue weighted by Gasteiger charge is 2.27. The first kappa shape index (κ1) is 26.7. The Hall–Kier alpha value is -3.91. The van der Waals surface area contributed by atoms with Crippen LogP contribution >= 0.6 is 11.6 Å². The lowest BCUT2D eigenvalue weighted by Crippen LogP contribution is -2.43. The smallest absolute Gasteiger partial charge is 0.322 e. The number of urea groups is 1. The molecule has 1 saturated carbocycles. The van der Waals surface area contributed by atoms with Gasteiger partial charge in [-0.05, 0) is 68.7 Å². The van der Waals surface area contributed by atoms with Gasteiger partial charge in [-0.15, -0.1) is 0 Å². The van der Waals surface area contributed by atoms with E-state index in [0.29, 0.717) is 35.5 Å². The van der Waals surface area contributed by atoms with Gasteiger partial charge in [0.2, 0.25) is 0 Å². The predicted octanol–water partition coefficient (Wildman–Crippen LogP) is 6.76. The van der Waals surface area contributed by atoms with E-state index in [9.17, 15) is 4.79 Å². The molecule has 0 spiro atoms. The molecule has 0 saturated heterocycles. The Balaban J connectivity index is 1.44. The number of aromatic nitrogens is 4. The molecule has 0 atom stereocenters.